The Hall–Kier alpha value is -3.00. The standard InChI is InChI=1S/C18H14F2N2O3S/c1-10(11-4-5-12(19)13(20)9-11)21-18(24)15-6-7-16(26-15)22-17(23)14-3-2-8-25-14/h2-10H,1H3,(H,21,24)(H,22,23). The van der Waals surface area contributed by atoms with Gasteiger partial charge in [-0.2, -0.15) is 0 Å². The predicted molar refractivity (Wildman–Crippen MR) is 93.2 cm³/mol. The van der Waals surface area contributed by atoms with Crippen LogP contribution in [0.15, 0.2) is 53.1 Å². The monoisotopic (exact) mass is 376 g/mol. The summed E-state index contributed by atoms with van der Waals surface area (Å²) in [6.07, 6.45) is 1.39. The van der Waals surface area contributed by atoms with E-state index >= 15 is 0 Å². The van der Waals surface area contributed by atoms with Crippen molar-refractivity contribution in [3.8, 4) is 0 Å². The van der Waals surface area contributed by atoms with Crippen molar-refractivity contribution in [3.05, 3.63) is 76.6 Å². The quantitative estimate of drug-likeness (QED) is 0.695. The molecule has 5 nitrogen and oxygen atoms in total. The molecule has 1 aromatic carbocycles. The van der Waals surface area contributed by atoms with Crippen molar-refractivity contribution in [1.29, 1.82) is 0 Å². The van der Waals surface area contributed by atoms with Crippen LogP contribution in [-0.2, 0) is 0 Å². The molecule has 2 amide bonds. The normalized spacial score (nSPS) is 11.8. The molecule has 0 saturated heterocycles. The van der Waals surface area contributed by atoms with E-state index < -0.39 is 23.6 Å². The number of benzene rings is 1. The second-order valence-electron chi connectivity index (χ2n) is 5.46. The Kier molecular flexibility index (Phi) is 5.13. The Morgan fingerprint density at radius 1 is 1.08 bits per heavy atom. The van der Waals surface area contributed by atoms with Crippen LogP contribution in [0.2, 0.25) is 0 Å². The van der Waals surface area contributed by atoms with Gasteiger partial charge in [-0.15, -0.1) is 11.3 Å². The third-order valence-corrected chi connectivity index (χ3v) is 4.60. The fourth-order valence-corrected chi connectivity index (χ4v) is 3.05. The molecule has 8 heteroatoms. The number of anilines is 1. The topological polar surface area (TPSA) is 71.3 Å². The molecule has 2 aromatic heterocycles. The largest absolute Gasteiger partial charge is 0.459 e. The van der Waals surface area contributed by atoms with Crippen molar-refractivity contribution in [2.24, 2.45) is 0 Å². The molecule has 0 bridgehead atoms. The zero-order valence-corrected chi connectivity index (χ0v) is 14.4. The molecular formula is C18H14F2N2O3S. The molecule has 26 heavy (non-hydrogen) atoms. The second-order valence-corrected chi connectivity index (χ2v) is 6.55. The zero-order chi connectivity index (χ0) is 18.7. The molecule has 134 valence electrons. The number of rotatable bonds is 5. The van der Waals surface area contributed by atoms with Gasteiger partial charge in [-0.3, -0.25) is 9.59 Å². The first kappa shape index (κ1) is 17.8. The number of thiophene rings is 1. The summed E-state index contributed by atoms with van der Waals surface area (Å²) in [5.41, 5.74) is 0.445. The SMILES string of the molecule is CC(NC(=O)c1ccc(NC(=O)c2ccco2)s1)c1ccc(F)c(F)c1. The van der Waals surface area contributed by atoms with Crippen LogP contribution in [0.4, 0.5) is 13.8 Å². The van der Waals surface area contributed by atoms with Gasteiger partial charge in [-0.25, -0.2) is 8.78 Å². The van der Waals surface area contributed by atoms with Crippen molar-refractivity contribution in [1.82, 2.24) is 5.32 Å². The van der Waals surface area contributed by atoms with E-state index in [1.807, 2.05) is 0 Å². The average Bonchev–Trinajstić information content (AvgIpc) is 3.28. The van der Waals surface area contributed by atoms with Crippen molar-refractivity contribution in [2.75, 3.05) is 5.32 Å². The number of furan rings is 1. The van der Waals surface area contributed by atoms with Crippen molar-refractivity contribution >= 4 is 28.2 Å². The van der Waals surface area contributed by atoms with E-state index in [0.717, 1.165) is 23.5 Å². The summed E-state index contributed by atoms with van der Waals surface area (Å²) >= 11 is 1.09. The highest BCUT2D eigenvalue weighted by molar-refractivity contribution is 7.18. The lowest BCUT2D eigenvalue weighted by Crippen LogP contribution is -2.26. The van der Waals surface area contributed by atoms with Crippen LogP contribution in [0.25, 0.3) is 0 Å². The summed E-state index contributed by atoms with van der Waals surface area (Å²) in [7, 11) is 0. The van der Waals surface area contributed by atoms with Gasteiger partial charge in [0.05, 0.1) is 22.2 Å². The fraction of sp³-hybridized carbons (Fsp3) is 0.111. The lowest BCUT2D eigenvalue weighted by molar-refractivity contribution is 0.0942. The molecule has 0 spiro atoms. The molecular weight excluding hydrogens is 362 g/mol. The van der Waals surface area contributed by atoms with Crippen LogP contribution in [0, 0.1) is 11.6 Å². The fourth-order valence-electron chi connectivity index (χ4n) is 2.24. The highest BCUT2D eigenvalue weighted by Crippen LogP contribution is 2.24. The first-order valence-corrected chi connectivity index (χ1v) is 8.46. The molecule has 2 N–H and O–H groups in total. The van der Waals surface area contributed by atoms with Gasteiger partial charge < -0.3 is 15.1 Å². The van der Waals surface area contributed by atoms with Gasteiger partial charge in [0.15, 0.2) is 17.4 Å². The number of amides is 2. The molecule has 0 aliphatic rings. The van der Waals surface area contributed by atoms with Gasteiger partial charge in [0.25, 0.3) is 11.8 Å². The third-order valence-electron chi connectivity index (χ3n) is 3.60. The molecule has 0 saturated carbocycles. The van der Waals surface area contributed by atoms with Crippen LogP contribution >= 0.6 is 11.3 Å². The number of nitrogens with one attached hydrogen (secondary N) is 2. The highest BCUT2D eigenvalue weighted by Gasteiger charge is 2.16. The van der Waals surface area contributed by atoms with Gasteiger partial charge in [-0.1, -0.05) is 6.07 Å². The zero-order valence-electron chi connectivity index (χ0n) is 13.6. The smallest absolute Gasteiger partial charge is 0.291 e. The van der Waals surface area contributed by atoms with Crippen molar-refractivity contribution in [2.45, 2.75) is 13.0 Å². The molecule has 2 heterocycles. The molecule has 0 aliphatic carbocycles. The van der Waals surface area contributed by atoms with Crippen LogP contribution in [0.3, 0.4) is 0 Å². The molecule has 1 atom stereocenters. The maximum atomic E-state index is 13.3. The first-order chi connectivity index (χ1) is 12.4. The Bertz CT molecular complexity index is 938. The van der Waals surface area contributed by atoms with E-state index in [1.54, 1.807) is 25.1 Å². The Morgan fingerprint density at radius 3 is 2.58 bits per heavy atom. The Morgan fingerprint density at radius 2 is 1.88 bits per heavy atom. The number of halogens is 2. The number of carbonyl (C=O) groups excluding carboxylic acids is 2. The summed E-state index contributed by atoms with van der Waals surface area (Å²) in [6, 6.07) is 9.25. The van der Waals surface area contributed by atoms with Gasteiger partial charge in [0.2, 0.25) is 0 Å². The molecule has 1 unspecified atom stereocenters. The number of hydrogen-bond donors (Lipinski definition) is 2. The van der Waals surface area contributed by atoms with Gasteiger partial charge in [0.1, 0.15) is 0 Å². The molecule has 0 radical (unpaired) electrons. The van der Waals surface area contributed by atoms with Crippen LogP contribution in [-0.4, -0.2) is 11.8 Å². The second kappa shape index (κ2) is 7.49. The highest BCUT2D eigenvalue weighted by atomic mass is 32.1. The molecule has 3 rings (SSSR count). The summed E-state index contributed by atoms with van der Waals surface area (Å²) in [5.74, 6) is -2.55. The average molecular weight is 376 g/mol. The lowest BCUT2D eigenvalue weighted by atomic mass is 10.1. The molecule has 0 aliphatic heterocycles. The van der Waals surface area contributed by atoms with E-state index in [0.29, 0.717) is 15.4 Å². The van der Waals surface area contributed by atoms with E-state index in [4.69, 9.17) is 4.42 Å². The summed E-state index contributed by atoms with van der Waals surface area (Å²) in [6.45, 7) is 1.66. The maximum Gasteiger partial charge on any atom is 0.291 e. The summed E-state index contributed by atoms with van der Waals surface area (Å²) in [5, 5.41) is 5.82. The van der Waals surface area contributed by atoms with Gasteiger partial charge in [0, 0.05) is 0 Å². The van der Waals surface area contributed by atoms with Gasteiger partial charge in [-0.05, 0) is 48.9 Å². The van der Waals surface area contributed by atoms with E-state index in [-0.39, 0.29) is 11.7 Å². The lowest BCUT2D eigenvalue weighted by Gasteiger charge is -2.13. The Balaban J connectivity index is 1.64. The van der Waals surface area contributed by atoms with Crippen LogP contribution < -0.4 is 10.6 Å². The van der Waals surface area contributed by atoms with Crippen molar-refractivity contribution in [3.63, 3.8) is 0 Å². The first-order valence-electron chi connectivity index (χ1n) is 7.64. The molecule has 0 fully saturated rings. The molecule has 3 aromatic rings. The number of hydrogen-bond acceptors (Lipinski definition) is 4. The summed E-state index contributed by atoms with van der Waals surface area (Å²) in [4.78, 5) is 24.6. The summed E-state index contributed by atoms with van der Waals surface area (Å²) < 4.78 is 31.3. The minimum Gasteiger partial charge on any atom is -0.459 e. The van der Waals surface area contributed by atoms with Crippen LogP contribution in [0.5, 0.6) is 0 Å². The van der Waals surface area contributed by atoms with E-state index in [1.165, 1.54) is 18.4 Å². The van der Waals surface area contributed by atoms with E-state index in [9.17, 15) is 18.4 Å². The minimum absolute atomic E-state index is 0.163. The number of carbonyl (C=O) groups is 2. The third kappa shape index (κ3) is 3.97. The van der Waals surface area contributed by atoms with E-state index in [2.05, 4.69) is 10.6 Å². The van der Waals surface area contributed by atoms with Crippen LogP contribution in [0.1, 0.15) is 38.8 Å². The van der Waals surface area contributed by atoms with Crippen molar-refractivity contribution < 1.29 is 22.8 Å². The minimum atomic E-state index is -0.970. The Labute approximate surface area is 151 Å². The van der Waals surface area contributed by atoms with Gasteiger partial charge >= 0.3 is 0 Å². The predicted octanol–water partition coefficient (Wildman–Crippen LogP) is 4.36. The maximum absolute atomic E-state index is 13.3.